The third-order valence-electron chi connectivity index (χ3n) is 4.24. The van der Waals surface area contributed by atoms with E-state index in [0.29, 0.717) is 37.7 Å². The van der Waals surface area contributed by atoms with Gasteiger partial charge in [-0.15, -0.1) is 0 Å². The topological polar surface area (TPSA) is 120 Å². The van der Waals surface area contributed by atoms with Crippen molar-refractivity contribution in [1.82, 2.24) is 9.97 Å². The summed E-state index contributed by atoms with van der Waals surface area (Å²) in [7, 11) is 1.43. The van der Waals surface area contributed by atoms with Gasteiger partial charge < -0.3 is 20.3 Å². The van der Waals surface area contributed by atoms with Crippen LogP contribution in [0.5, 0.6) is 11.5 Å². The molecule has 0 saturated heterocycles. The van der Waals surface area contributed by atoms with Crippen LogP contribution in [0, 0.1) is 0 Å². The average Bonchev–Trinajstić information content (AvgIpc) is 2.80. The van der Waals surface area contributed by atoms with Crippen LogP contribution in [0.4, 0.5) is 0 Å². The zero-order chi connectivity index (χ0) is 24.1. The highest BCUT2D eigenvalue weighted by molar-refractivity contribution is 6.40. The number of benzene rings is 2. The lowest BCUT2D eigenvalue weighted by molar-refractivity contribution is 0.215. The molecule has 0 amide bonds. The molecule has 0 atom stereocenters. The Morgan fingerprint density at radius 2 is 1.21 bits per heavy atom. The average molecular weight is 528 g/mol. The van der Waals surface area contributed by atoms with Gasteiger partial charge >= 0.3 is 0 Å². The number of aromatic nitrogens is 2. The van der Waals surface area contributed by atoms with Gasteiger partial charge in [0.25, 0.3) is 0 Å². The molecule has 0 radical (unpaired) electrons. The van der Waals surface area contributed by atoms with E-state index in [4.69, 9.17) is 51.6 Å². The van der Waals surface area contributed by atoms with Crippen molar-refractivity contribution in [3.8, 4) is 11.5 Å². The van der Waals surface area contributed by atoms with Crippen molar-refractivity contribution in [2.75, 3.05) is 7.11 Å². The monoisotopic (exact) mass is 526 g/mol. The lowest BCUT2D eigenvalue weighted by atomic mass is 10.2. The molecule has 4 aromatic rings. The Labute approximate surface area is 207 Å². The Morgan fingerprint density at radius 3 is 1.64 bits per heavy atom. The molecule has 0 bridgehead atoms. The number of rotatable bonds is 3. The van der Waals surface area contributed by atoms with Gasteiger partial charge in [0, 0.05) is 10.8 Å². The number of pyridine rings is 2. The summed E-state index contributed by atoms with van der Waals surface area (Å²) in [4.78, 5) is 12.8. The molecule has 0 unspecified atom stereocenters. The van der Waals surface area contributed by atoms with Crippen LogP contribution >= 0.6 is 46.4 Å². The Morgan fingerprint density at radius 1 is 0.758 bits per heavy atom. The number of nitrogens with zero attached hydrogens (tertiary/aromatic N) is 4. The van der Waals surface area contributed by atoms with Crippen molar-refractivity contribution in [3.05, 3.63) is 67.9 Å². The highest BCUT2D eigenvalue weighted by Gasteiger charge is 2.11. The number of phenols is 2. The third kappa shape index (κ3) is 5.48. The molecule has 3 N–H and O–H groups in total. The summed E-state index contributed by atoms with van der Waals surface area (Å²) in [5.74, 6) is -0.243. The molecule has 0 aliphatic carbocycles. The molecule has 0 spiro atoms. The maximum absolute atomic E-state index is 9.80. The van der Waals surface area contributed by atoms with Gasteiger partial charge in [0.1, 0.15) is 18.1 Å². The Balaban J connectivity index is 0.000000186. The van der Waals surface area contributed by atoms with E-state index in [1.807, 2.05) is 0 Å². The number of fused-ring (bicyclic) bond motifs is 2. The summed E-state index contributed by atoms with van der Waals surface area (Å²) in [5.41, 5.74) is 1.54. The highest BCUT2D eigenvalue weighted by atomic mass is 35.5. The van der Waals surface area contributed by atoms with Crippen LogP contribution in [-0.4, -0.2) is 44.9 Å². The van der Waals surface area contributed by atoms with Crippen LogP contribution in [0.15, 0.2) is 46.7 Å². The van der Waals surface area contributed by atoms with Crippen molar-refractivity contribution in [2.45, 2.75) is 0 Å². The van der Waals surface area contributed by atoms with E-state index in [9.17, 15) is 10.2 Å². The van der Waals surface area contributed by atoms with E-state index >= 15 is 0 Å². The lowest BCUT2D eigenvalue weighted by Gasteiger charge is -2.05. The second kappa shape index (κ2) is 10.7. The maximum atomic E-state index is 9.80. The van der Waals surface area contributed by atoms with Crippen LogP contribution in [0.25, 0.3) is 21.8 Å². The number of oxime groups is 2. The second-order valence-corrected chi connectivity index (χ2v) is 7.93. The largest absolute Gasteiger partial charge is 0.504 e. The standard InChI is InChI=1S/C11H8Cl2N2O2.C10H6Cl2N2O2/c1-17-14-5-6-2-3-7-8(12)4-9(13)11(16)10(7)15-6;11-7-3-8(12)10(15)9-6(7)2-1-5(14-9)4-13-16/h2-5,16H,1H3;1-4,15-16H/b14-5+;13-4+. The molecule has 2 aromatic heterocycles. The fourth-order valence-electron chi connectivity index (χ4n) is 2.75. The summed E-state index contributed by atoms with van der Waals surface area (Å²) in [5, 5.41) is 36.7. The zero-order valence-corrected chi connectivity index (χ0v) is 19.7. The number of hydrogen-bond donors (Lipinski definition) is 3. The van der Waals surface area contributed by atoms with E-state index in [-0.39, 0.29) is 27.1 Å². The van der Waals surface area contributed by atoms with Crippen molar-refractivity contribution in [2.24, 2.45) is 10.3 Å². The van der Waals surface area contributed by atoms with Gasteiger partial charge in [-0.2, -0.15) is 0 Å². The van der Waals surface area contributed by atoms with Gasteiger partial charge in [0.05, 0.1) is 43.9 Å². The molecule has 33 heavy (non-hydrogen) atoms. The predicted octanol–water partition coefficient (Wildman–Crippen LogP) is 6.28. The van der Waals surface area contributed by atoms with Gasteiger partial charge in [-0.3, -0.25) is 0 Å². The number of halogens is 4. The molecule has 0 aliphatic heterocycles. The van der Waals surface area contributed by atoms with Crippen molar-refractivity contribution in [3.63, 3.8) is 0 Å². The van der Waals surface area contributed by atoms with E-state index in [1.165, 1.54) is 25.5 Å². The molecule has 0 aliphatic rings. The van der Waals surface area contributed by atoms with Crippen LogP contribution < -0.4 is 0 Å². The number of hydrogen-bond acceptors (Lipinski definition) is 8. The van der Waals surface area contributed by atoms with Crippen molar-refractivity contribution < 1.29 is 20.3 Å². The molecular weight excluding hydrogens is 514 g/mol. The van der Waals surface area contributed by atoms with E-state index in [0.717, 1.165) is 6.21 Å². The quantitative estimate of drug-likeness (QED) is 0.164. The number of phenolic OH excluding ortho intramolecular Hbond substituents is 2. The molecule has 0 fully saturated rings. The molecule has 2 heterocycles. The Bertz CT molecular complexity index is 1400. The van der Waals surface area contributed by atoms with E-state index in [1.54, 1.807) is 24.3 Å². The molecule has 0 saturated carbocycles. The minimum atomic E-state index is -0.144. The highest BCUT2D eigenvalue weighted by Crippen LogP contribution is 2.37. The smallest absolute Gasteiger partial charge is 0.160 e. The molecular formula is C21H14Cl4N4O4. The fraction of sp³-hybridized carbons (Fsp3) is 0.0476. The first-order chi connectivity index (χ1) is 15.8. The van der Waals surface area contributed by atoms with Crippen LogP contribution in [0.1, 0.15) is 11.4 Å². The fourth-order valence-corrected chi connectivity index (χ4v) is 3.78. The molecule has 4 rings (SSSR count). The lowest BCUT2D eigenvalue weighted by Crippen LogP contribution is -1.90. The van der Waals surface area contributed by atoms with Gasteiger partial charge in [-0.1, -0.05) is 56.7 Å². The van der Waals surface area contributed by atoms with Gasteiger partial charge in [-0.25, -0.2) is 9.97 Å². The molecule has 170 valence electrons. The molecule has 2 aromatic carbocycles. The zero-order valence-electron chi connectivity index (χ0n) is 16.7. The normalized spacial score (nSPS) is 11.3. The first-order valence-corrected chi connectivity index (χ1v) is 10.5. The van der Waals surface area contributed by atoms with Crippen LogP contribution in [0.2, 0.25) is 20.1 Å². The number of aromatic hydroxyl groups is 2. The Hall–Kier alpha value is -3.04. The molecule has 12 heteroatoms. The maximum Gasteiger partial charge on any atom is 0.160 e. The molecule has 8 nitrogen and oxygen atoms in total. The first kappa shape index (κ1) is 24.6. The van der Waals surface area contributed by atoms with E-state index < -0.39 is 0 Å². The first-order valence-electron chi connectivity index (χ1n) is 8.96. The Kier molecular flexibility index (Phi) is 7.99. The van der Waals surface area contributed by atoms with Gasteiger partial charge in [0.15, 0.2) is 11.5 Å². The van der Waals surface area contributed by atoms with Gasteiger partial charge in [0.2, 0.25) is 0 Å². The summed E-state index contributed by atoms with van der Waals surface area (Å²) < 4.78 is 0. The minimum Gasteiger partial charge on any atom is -0.504 e. The second-order valence-electron chi connectivity index (χ2n) is 6.30. The third-order valence-corrected chi connectivity index (χ3v) is 5.44. The SMILES string of the molecule is CO/N=C/c1ccc2c(Cl)cc(Cl)c(O)c2n1.O/N=C/c1ccc2c(Cl)cc(Cl)c(O)c2n1. The summed E-state index contributed by atoms with van der Waals surface area (Å²) >= 11 is 23.5. The summed E-state index contributed by atoms with van der Waals surface area (Å²) in [6.45, 7) is 0. The van der Waals surface area contributed by atoms with E-state index in [2.05, 4.69) is 25.1 Å². The van der Waals surface area contributed by atoms with Crippen LogP contribution in [0.3, 0.4) is 0 Å². The van der Waals surface area contributed by atoms with Gasteiger partial charge in [-0.05, 0) is 36.4 Å². The summed E-state index contributed by atoms with van der Waals surface area (Å²) in [6.07, 6.45) is 2.57. The van der Waals surface area contributed by atoms with Crippen LogP contribution in [-0.2, 0) is 4.84 Å². The van der Waals surface area contributed by atoms with Crippen molar-refractivity contribution in [1.29, 1.82) is 0 Å². The van der Waals surface area contributed by atoms with Crippen molar-refractivity contribution >= 4 is 80.6 Å². The predicted molar refractivity (Wildman–Crippen MR) is 131 cm³/mol. The summed E-state index contributed by atoms with van der Waals surface area (Å²) in [6, 6.07) is 9.65. The minimum absolute atomic E-state index is 0.0984.